The van der Waals surface area contributed by atoms with E-state index < -0.39 is 0 Å². The van der Waals surface area contributed by atoms with Gasteiger partial charge in [-0.05, 0) is 43.7 Å². The van der Waals surface area contributed by atoms with Gasteiger partial charge in [-0.2, -0.15) is 0 Å². The van der Waals surface area contributed by atoms with Crippen LogP contribution in [0, 0.1) is 13.8 Å². The predicted octanol–water partition coefficient (Wildman–Crippen LogP) is 4.04. The minimum Gasteiger partial charge on any atom is -0.495 e. The van der Waals surface area contributed by atoms with Crippen LogP contribution in [0.5, 0.6) is 5.75 Å². The van der Waals surface area contributed by atoms with Gasteiger partial charge in [0.25, 0.3) is 0 Å². The molecule has 0 unspecified atom stereocenters. The quantitative estimate of drug-likeness (QED) is 0.898. The van der Waals surface area contributed by atoms with Gasteiger partial charge >= 0.3 is 0 Å². The molecule has 2 aromatic rings. The van der Waals surface area contributed by atoms with Crippen LogP contribution < -0.4 is 15.0 Å². The van der Waals surface area contributed by atoms with Gasteiger partial charge in [0.05, 0.1) is 19.3 Å². The van der Waals surface area contributed by atoms with Crippen molar-refractivity contribution in [1.82, 2.24) is 0 Å². The normalized spacial score (nSPS) is 10.3. The molecule has 122 valence electrons. The lowest BCUT2D eigenvalue weighted by atomic mass is 10.1. The molecule has 2 rings (SSSR count). The van der Waals surface area contributed by atoms with E-state index in [-0.39, 0.29) is 12.5 Å². The Labute approximate surface area is 142 Å². The van der Waals surface area contributed by atoms with Gasteiger partial charge in [0.1, 0.15) is 5.75 Å². The zero-order valence-electron chi connectivity index (χ0n) is 13.8. The maximum absolute atomic E-state index is 12.3. The lowest BCUT2D eigenvalue weighted by Crippen LogP contribution is -2.30. The van der Waals surface area contributed by atoms with Crippen LogP contribution >= 0.6 is 11.6 Å². The first-order chi connectivity index (χ1) is 10.9. The van der Waals surface area contributed by atoms with E-state index in [4.69, 9.17) is 16.3 Å². The van der Waals surface area contributed by atoms with Crippen LogP contribution in [0.4, 0.5) is 11.4 Å². The van der Waals surface area contributed by atoms with Crippen molar-refractivity contribution < 1.29 is 9.53 Å². The molecule has 23 heavy (non-hydrogen) atoms. The Bertz CT molecular complexity index is 716. The number of amides is 1. The minimum atomic E-state index is -0.131. The highest BCUT2D eigenvalue weighted by atomic mass is 35.5. The summed E-state index contributed by atoms with van der Waals surface area (Å²) >= 11 is 5.98. The van der Waals surface area contributed by atoms with Gasteiger partial charge < -0.3 is 15.0 Å². The van der Waals surface area contributed by atoms with E-state index in [0.717, 1.165) is 11.3 Å². The maximum Gasteiger partial charge on any atom is 0.243 e. The van der Waals surface area contributed by atoms with Crippen LogP contribution in [0.1, 0.15) is 11.1 Å². The molecular formula is C18H21ClN2O2. The number of carbonyl (C=O) groups excluding carboxylic acids is 1. The topological polar surface area (TPSA) is 41.6 Å². The number of hydrogen-bond donors (Lipinski definition) is 1. The SMILES string of the molecule is COc1ccc(Cl)cc1NC(=O)CN(C)c1ccc(C)cc1C. The summed E-state index contributed by atoms with van der Waals surface area (Å²) in [5.41, 5.74) is 3.94. The Morgan fingerprint density at radius 3 is 2.61 bits per heavy atom. The van der Waals surface area contributed by atoms with E-state index in [1.165, 1.54) is 5.56 Å². The smallest absolute Gasteiger partial charge is 0.243 e. The Hall–Kier alpha value is -2.20. The lowest BCUT2D eigenvalue weighted by Gasteiger charge is -2.21. The van der Waals surface area contributed by atoms with Crippen LogP contribution in [-0.2, 0) is 4.79 Å². The first kappa shape index (κ1) is 17.2. The summed E-state index contributed by atoms with van der Waals surface area (Å²) in [7, 11) is 3.45. The fourth-order valence-corrected chi connectivity index (χ4v) is 2.67. The van der Waals surface area contributed by atoms with Crippen molar-refractivity contribution in [2.45, 2.75) is 13.8 Å². The van der Waals surface area contributed by atoms with Gasteiger partial charge in [-0.25, -0.2) is 0 Å². The summed E-state index contributed by atoms with van der Waals surface area (Å²) in [6.45, 7) is 4.32. The Morgan fingerprint density at radius 1 is 1.22 bits per heavy atom. The van der Waals surface area contributed by atoms with Crippen molar-refractivity contribution in [3.8, 4) is 5.75 Å². The molecule has 0 radical (unpaired) electrons. The monoisotopic (exact) mass is 332 g/mol. The van der Waals surface area contributed by atoms with Crippen LogP contribution in [0.2, 0.25) is 5.02 Å². The van der Waals surface area contributed by atoms with Crippen LogP contribution in [-0.4, -0.2) is 26.6 Å². The van der Waals surface area contributed by atoms with E-state index >= 15 is 0 Å². The Balaban J connectivity index is 2.09. The average molecular weight is 333 g/mol. The highest BCUT2D eigenvalue weighted by Crippen LogP contribution is 2.27. The second-order valence-corrected chi connectivity index (χ2v) is 5.98. The van der Waals surface area contributed by atoms with E-state index in [9.17, 15) is 4.79 Å². The molecule has 5 heteroatoms. The van der Waals surface area contributed by atoms with Crippen molar-refractivity contribution in [2.24, 2.45) is 0 Å². The lowest BCUT2D eigenvalue weighted by molar-refractivity contribution is -0.114. The first-order valence-corrected chi connectivity index (χ1v) is 7.70. The molecule has 0 saturated heterocycles. The average Bonchev–Trinajstić information content (AvgIpc) is 2.47. The summed E-state index contributed by atoms with van der Waals surface area (Å²) < 4.78 is 5.24. The zero-order valence-corrected chi connectivity index (χ0v) is 14.6. The number of nitrogens with zero attached hydrogens (tertiary/aromatic N) is 1. The number of nitrogens with one attached hydrogen (secondary N) is 1. The molecule has 0 aliphatic heterocycles. The van der Waals surface area contributed by atoms with E-state index in [1.807, 2.05) is 31.0 Å². The summed E-state index contributed by atoms with van der Waals surface area (Å²) in [4.78, 5) is 14.2. The third kappa shape index (κ3) is 4.39. The standard InChI is InChI=1S/C18H21ClN2O2/c1-12-5-7-16(13(2)9-12)21(3)11-18(22)20-15-10-14(19)6-8-17(15)23-4/h5-10H,11H2,1-4H3,(H,20,22). The number of aryl methyl sites for hydroxylation is 2. The summed E-state index contributed by atoms with van der Waals surface area (Å²) in [6, 6.07) is 11.3. The predicted molar refractivity (Wildman–Crippen MR) is 95.8 cm³/mol. The van der Waals surface area contributed by atoms with Gasteiger partial charge in [-0.1, -0.05) is 29.3 Å². The number of hydrogen-bond acceptors (Lipinski definition) is 3. The first-order valence-electron chi connectivity index (χ1n) is 7.32. The Kier molecular flexibility index (Phi) is 5.50. The maximum atomic E-state index is 12.3. The van der Waals surface area contributed by atoms with Crippen molar-refractivity contribution in [3.05, 3.63) is 52.5 Å². The third-order valence-electron chi connectivity index (χ3n) is 3.58. The number of likely N-dealkylation sites (N-methyl/N-ethyl adjacent to an activating group) is 1. The van der Waals surface area contributed by atoms with E-state index in [2.05, 4.69) is 18.3 Å². The van der Waals surface area contributed by atoms with Crippen molar-refractivity contribution in [1.29, 1.82) is 0 Å². The van der Waals surface area contributed by atoms with Gasteiger partial charge in [0, 0.05) is 17.8 Å². The van der Waals surface area contributed by atoms with E-state index in [0.29, 0.717) is 16.5 Å². The van der Waals surface area contributed by atoms with Crippen molar-refractivity contribution >= 4 is 28.9 Å². The van der Waals surface area contributed by atoms with Crippen LogP contribution in [0.25, 0.3) is 0 Å². The van der Waals surface area contributed by atoms with Gasteiger partial charge in [-0.3, -0.25) is 4.79 Å². The molecule has 0 bridgehead atoms. The molecule has 0 spiro atoms. The third-order valence-corrected chi connectivity index (χ3v) is 3.82. The van der Waals surface area contributed by atoms with Gasteiger partial charge in [0.15, 0.2) is 0 Å². The molecule has 0 fully saturated rings. The van der Waals surface area contributed by atoms with Gasteiger partial charge in [-0.15, -0.1) is 0 Å². The highest BCUT2D eigenvalue weighted by Gasteiger charge is 2.12. The van der Waals surface area contributed by atoms with E-state index in [1.54, 1.807) is 25.3 Å². The molecule has 2 aromatic carbocycles. The molecule has 0 aliphatic rings. The highest BCUT2D eigenvalue weighted by molar-refractivity contribution is 6.31. The molecule has 0 aliphatic carbocycles. The number of halogens is 1. The van der Waals surface area contributed by atoms with Crippen molar-refractivity contribution in [2.75, 3.05) is 30.9 Å². The number of benzene rings is 2. The number of methoxy groups -OCH3 is 1. The van der Waals surface area contributed by atoms with Crippen LogP contribution in [0.15, 0.2) is 36.4 Å². The number of anilines is 2. The van der Waals surface area contributed by atoms with Crippen LogP contribution in [0.3, 0.4) is 0 Å². The van der Waals surface area contributed by atoms with Gasteiger partial charge in [0.2, 0.25) is 5.91 Å². The summed E-state index contributed by atoms with van der Waals surface area (Å²) in [5, 5.41) is 3.39. The molecule has 0 saturated carbocycles. The summed E-state index contributed by atoms with van der Waals surface area (Å²) in [6.07, 6.45) is 0. The second kappa shape index (κ2) is 7.38. The molecule has 1 amide bonds. The number of rotatable bonds is 5. The second-order valence-electron chi connectivity index (χ2n) is 5.54. The number of carbonyl (C=O) groups is 1. The summed E-state index contributed by atoms with van der Waals surface area (Å²) in [5.74, 6) is 0.449. The largest absolute Gasteiger partial charge is 0.495 e. The minimum absolute atomic E-state index is 0.131. The molecule has 0 atom stereocenters. The molecular weight excluding hydrogens is 312 g/mol. The fourth-order valence-electron chi connectivity index (χ4n) is 2.50. The molecule has 0 heterocycles. The Morgan fingerprint density at radius 2 is 1.96 bits per heavy atom. The molecule has 0 aromatic heterocycles. The zero-order chi connectivity index (χ0) is 17.0. The van der Waals surface area contributed by atoms with Crippen molar-refractivity contribution in [3.63, 3.8) is 0 Å². The number of ether oxygens (including phenoxy) is 1. The molecule has 4 nitrogen and oxygen atoms in total. The fraction of sp³-hybridized carbons (Fsp3) is 0.278. The molecule has 1 N–H and O–H groups in total.